The third kappa shape index (κ3) is 1.20. The number of nitrogens with one attached hydrogen (secondary N) is 1. The van der Waals surface area contributed by atoms with Gasteiger partial charge in [0, 0.05) is 16.3 Å². The quantitative estimate of drug-likeness (QED) is 0.664. The molecule has 1 unspecified atom stereocenters. The Morgan fingerprint density at radius 3 is 2.92 bits per heavy atom. The van der Waals surface area contributed by atoms with Gasteiger partial charge in [0.15, 0.2) is 6.10 Å². The minimum Gasteiger partial charge on any atom is -0.378 e. The monoisotopic (exact) mass is 197 g/mol. The Kier molecular flexibility index (Phi) is 1.78. The molecule has 1 atom stereocenters. The Morgan fingerprint density at radius 2 is 2.23 bits per heavy atom. The molecule has 1 aromatic rings. The number of hydrogen-bond donors (Lipinski definition) is 2. The van der Waals surface area contributed by atoms with Crippen molar-refractivity contribution in [1.29, 1.82) is 0 Å². The molecule has 0 saturated carbocycles. The van der Waals surface area contributed by atoms with Crippen LogP contribution in [0, 0.1) is 6.92 Å². The molecule has 1 amide bonds. The molecule has 0 saturated heterocycles. The van der Waals surface area contributed by atoms with Gasteiger partial charge in [-0.05, 0) is 24.6 Å². The van der Waals surface area contributed by atoms with Crippen LogP contribution in [0.3, 0.4) is 0 Å². The van der Waals surface area contributed by atoms with Crippen LogP contribution in [0.25, 0.3) is 0 Å². The number of carbonyl (C=O) groups excluding carboxylic acids is 1. The number of fused-ring (bicyclic) bond motifs is 1. The summed E-state index contributed by atoms with van der Waals surface area (Å²) in [6.07, 6.45) is -1.05. The second-order valence-corrected chi connectivity index (χ2v) is 3.49. The molecule has 0 aliphatic carbocycles. The van der Waals surface area contributed by atoms with E-state index in [0.29, 0.717) is 16.3 Å². The summed E-state index contributed by atoms with van der Waals surface area (Å²) in [5.41, 5.74) is 2.07. The van der Waals surface area contributed by atoms with E-state index in [1.807, 2.05) is 6.92 Å². The average Bonchev–Trinajstić information content (AvgIpc) is 2.32. The van der Waals surface area contributed by atoms with E-state index in [-0.39, 0.29) is 0 Å². The van der Waals surface area contributed by atoms with Gasteiger partial charge in [0.2, 0.25) is 0 Å². The van der Waals surface area contributed by atoms with Gasteiger partial charge in [0.1, 0.15) is 0 Å². The third-order valence-corrected chi connectivity index (χ3v) is 2.54. The Bertz CT molecular complexity index is 389. The van der Waals surface area contributed by atoms with Crippen LogP contribution >= 0.6 is 11.6 Å². The lowest BCUT2D eigenvalue weighted by atomic mass is 10.1. The zero-order chi connectivity index (χ0) is 9.59. The number of rotatable bonds is 0. The van der Waals surface area contributed by atoms with Crippen molar-refractivity contribution in [3.05, 3.63) is 28.3 Å². The lowest BCUT2D eigenvalue weighted by molar-refractivity contribution is -0.123. The molecular formula is C9H8ClNO2. The second-order valence-electron chi connectivity index (χ2n) is 3.08. The lowest BCUT2D eigenvalue weighted by Gasteiger charge is -2.03. The average molecular weight is 198 g/mol. The molecule has 4 heteroatoms. The van der Waals surface area contributed by atoms with E-state index < -0.39 is 12.0 Å². The number of aliphatic hydroxyl groups excluding tert-OH is 1. The van der Waals surface area contributed by atoms with Crippen molar-refractivity contribution in [2.45, 2.75) is 13.0 Å². The van der Waals surface area contributed by atoms with Crippen LogP contribution in [0.5, 0.6) is 0 Å². The van der Waals surface area contributed by atoms with Crippen molar-refractivity contribution in [3.63, 3.8) is 0 Å². The normalized spacial score (nSPS) is 19.9. The van der Waals surface area contributed by atoms with Crippen LogP contribution in [0.1, 0.15) is 17.2 Å². The van der Waals surface area contributed by atoms with Crippen LogP contribution in [0.4, 0.5) is 5.69 Å². The smallest absolute Gasteiger partial charge is 0.257 e. The molecule has 2 N–H and O–H groups in total. The van der Waals surface area contributed by atoms with E-state index in [2.05, 4.69) is 5.32 Å². The van der Waals surface area contributed by atoms with Crippen molar-refractivity contribution in [2.75, 3.05) is 5.32 Å². The molecule has 0 fully saturated rings. The fourth-order valence-electron chi connectivity index (χ4n) is 1.38. The third-order valence-electron chi connectivity index (χ3n) is 2.13. The Labute approximate surface area is 80.3 Å². The van der Waals surface area contributed by atoms with E-state index in [4.69, 9.17) is 11.6 Å². The highest BCUT2D eigenvalue weighted by molar-refractivity contribution is 6.31. The molecule has 0 bridgehead atoms. The Morgan fingerprint density at radius 1 is 1.54 bits per heavy atom. The van der Waals surface area contributed by atoms with Gasteiger partial charge in [-0.15, -0.1) is 0 Å². The molecule has 1 aromatic carbocycles. The van der Waals surface area contributed by atoms with E-state index in [0.717, 1.165) is 5.56 Å². The van der Waals surface area contributed by atoms with Crippen molar-refractivity contribution in [2.24, 2.45) is 0 Å². The minimum absolute atomic E-state index is 0.392. The zero-order valence-electron chi connectivity index (χ0n) is 6.97. The summed E-state index contributed by atoms with van der Waals surface area (Å²) in [7, 11) is 0. The molecule has 0 spiro atoms. The molecule has 0 aromatic heterocycles. The zero-order valence-corrected chi connectivity index (χ0v) is 7.72. The number of carbonyl (C=O) groups is 1. The van der Waals surface area contributed by atoms with Crippen molar-refractivity contribution in [1.82, 2.24) is 0 Å². The predicted molar refractivity (Wildman–Crippen MR) is 49.8 cm³/mol. The fourth-order valence-corrected chi connectivity index (χ4v) is 1.54. The summed E-state index contributed by atoms with van der Waals surface area (Å²) >= 11 is 5.85. The summed E-state index contributed by atoms with van der Waals surface area (Å²) in [4.78, 5) is 11.0. The maximum absolute atomic E-state index is 11.0. The van der Waals surface area contributed by atoms with Gasteiger partial charge in [-0.25, -0.2) is 0 Å². The number of aryl methyl sites for hydroxylation is 1. The summed E-state index contributed by atoms with van der Waals surface area (Å²) in [5.74, 6) is -0.392. The lowest BCUT2D eigenvalue weighted by Crippen LogP contribution is -2.10. The van der Waals surface area contributed by atoms with E-state index in [1.165, 1.54) is 0 Å². The van der Waals surface area contributed by atoms with Crippen molar-refractivity contribution >= 4 is 23.2 Å². The first-order valence-corrected chi connectivity index (χ1v) is 4.26. The maximum atomic E-state index is 11.0. The SMILES string of the molecule is Cc1cc2c(cc1Cl)NC(=O)C2O. The van der Waals surface area contributed by atoms with Crippen molar-refractivity contribution in [3.8, 4) is 0 Å². The summed E-state index contributed by atoms with van der Waals surface area (Å²) in [6.45, 7) is 1.83. The fraction of sp³-hybridized carbons (Fsp3) is 0.222. The molecule has 1 aliphatic rings. The van der Waals surface area contributed by atoms with Gasteiger partial charge in [-0.3, -0.25) is 4.79 Å². The van der Waals surface area contributed by atoms with Crippen LogP contribution < -0.4 is 5.32 Å². The summed E-state index contributed by atoms with van der Waals surface area (Å²) in [6, 6.07) is 3.38. The summed E-state index contributed by atoms with van der Waals surface area (Å²) in [5, 5.41) is 12.5. The van der Waals surface area contributed by atoms with Gasteiger partial charge in [0.25, 0.3) is 5.91 Å². The number of halogens is 1. The predicted octanol–water partition coefficient (Wildman–Crippen LogP) is 1.63. The molecule has 13 heavy (non-hydrogen) atoms. The van der Waals surface area contributed by atoms with Gasteiger partial charge in [-0.2, -0.15) is 0 Å². The molecule has 3 nitrogen and oxygen atoms in total. The highest BCUT2D eigenvalue weighted by Gasteiger charge is 2.28. The van der Waals surface area contributed by atoms with Crippen LogP contribution in [-0.2, 0) is 4.79 Å². The minimum atomic E-state index is -1.05. The van der Waals surface area contributed by atoms with Gasteiger partial charge < -0.3 is 10.4 Å². The first kappa shape index (κ1) is 8.53. The van der Waals surface area contributed by atoms with Crippen LogP contribution in [-0.4, -0.2) is 11.0 Å². The second kappa shape index (κ2) is 2.72. The van der Waals surface area contributed by atoms with Gasteiger partial charge in [0.05, 0.1) is 0 Å². The number of hydrogen-bond acceptors (Lipinski definition) is 2. The van der Waals surface area contributed by atoms with Gasteiger partial charge >= 0.3 is 0 Å². The highest BCUT2D eigenvalue weighted by Crippen LogP contribution is 2.34. The van der Waals surface area contributed by atoms with Crippen molar-refractivity contribution < 1.29 is 9.90 Å². The molecule has 2 rings (SSSR count). The largest absolute Gasteiger partial charge is 0.378 e. The van der Waals surface area contributed by atoms with E-state index in [1.54, 1.807) is 12.1 Å². The van der Waals surface area contributed by atoms with Crippen LogP contribution in [0.15, 0.2) is 12.1 Å². The molecular weight excluding hydrogens is 190 g/mol. The first-order valence-electron chi connectivity index (χ1n) is 3.88. The summed E-state index contributed by atoms with van der Waals surface area (Å²) < 4.78 is 0. The van der Waals surface area contributed by atoms with E-state index in [9.17, 15) is 9.90 Å². The number of amides is 1. The Hall–Kier alpha value is -1.06. The van der Waals surface area contributed by atoms with E-state index >= 15 is 0 Å². The number of aliphatic hydroxyl groups is 1. The maximum Gasteiger partial charge on any atom is 0.257 e. The van der Waals surface area contributed by atoms with Gasteiger partial charge in [-0.1, -0.05) is 11.6 Å². The molecule has 0 radical (unpaired) electrons. The topological polar surface area (TPSA) is 49.3 Å². The molecule has 68 valence electrons. The Balaban J connectivity index is 2.59. The first-order chi connectivity index (χ1) is 6.09. The number of benzene rings is 1. The highest BCUT2D eigenvalue weighted by atomic mass is 35.5. The number of anilines is 1. The van der Waals surface area contributed by atoms with Crippen LogP contribution in [0.2, 0.25) is 5.02 Å². The standard InChI is InChI=1S/C9H8ClNO2/c1-4-2-5-7(3-6(4)10)11-9(13)8(5)12/h2-3,8,12H,1H3,(H,11,13). The molecule has 1 heterocycles. The molecule has 1 aliphatic heterocycles.